The largest absolute Gasteiger partial charge is 0.494 e. The quantitative estimate of drug-likeness (QED) is 0.770. The Morgan fingerprint density at radius 2 is 2.15 bits per heavy atom. The van der Waals surface area contributed by atoms with Gasteiger partial charge in [-0.2, -0.15) is 0 Å². The molecule has 1 rings (SSSR count). The number of aromatic hydroxyl groups is 1. The van der Waals surface area contributed by atoms with Gasteiger partial charge in [0, 0.05) is 18.7 Å². The summed E-state index contributed by atoms with van der Waals surface area (Å²) in [6.07, 6.45) is 1.93. The summed E-state index contributed by atoms with van der Waals surface area (Å²) in [6, 6.07) is 3.15. The van der Waals surface area contributed by atoms with Crippen LogP contribution < -0.4 is 5.56 Å². The molecule has 0 saturated heterocycles. The molecule has 3 nitrogen and oxygen atoms in total. The molecule has 0 atom stereocenters. The minimum absolute atomic E-state index is 0.0680. The van der Waals surface area contributed by atoms with Crippen LogP contribution in [0.3, 0.4) is 0 Å². The highest BCUT2D eigenvalue weighted by atomic mass is 16.3. The summed E-state index contributed by atoms with van der Waals surface area (Å²) in [5.41, 5.74) is 0.682. The molecule has 1 aromatic rings. The monoisotopic (exact) mass is 181 g/mol. The minimum atomic E-state index is -0.119. The van der Waals surface area contributed by atoms with E-state index in [0.29, 0.717) is 6.54 Å². The minimum Gasteiger partial charge on any atom is -0.494 e. The molecule has 1 N–H and O–H groups in total. The molecule has 0 amide bonds. The molecule has 0 spiro atoms. The molecular weight excluding hydrogens is 166 g/mol. The summed E-state index contributed by atoms with van der Waals surface area (Å²) in [7, 11) is 0. The smallest absolute Gasteiger partial charge is 0.253 e. The molecule has 0 aromatic carbocycles. The summed E-state index contributed by atoms with van der Waals surface area (Å²) in [6.45, 7) is 4.45. The first-order valence-corrected chi connectivity index (χ1v) is 4.55. The fraction of sp³-hybridized carbons (Fsp3) is 0.500. The second-order valence-electron chi connectivity index (χ2n) is 3.23. The maximum absolute atomic E-state index is 11.4. The summed E-state index contributed by atoms with van der Waals surface area (Å²) < 4.78 is 1.40. The molecule has 0 bridgehead atoms. The van der Waals surface area contributed by atoms with E-state index in [0.717, 1.165) is 18.4 Å². The van der Waals surface area contributed by atoms with Crippen molar-refractivity contribution in [2.24, 2.45) is 0 Å². The lowest BCUT2D eigenvalue weighted by Gasteiger charge is -2.07. The molecule has 0 aliphatic carbocycles. The second kappa shape index (κ2) is 4.12. The van der Waals surface area contributed by atoms with Gasteiger partial charge in [-0.3, -0.25) is 9.36 Å². The summed E-state index contributed by atoms with van der Waals surface area (Å²) in [4.78, 5) is 11.4. The van der Waals surface area contributed by atoms with Gasteiger partial charge in [0.2, 0.25) is 0 Å². The van der Waals surface area contributed by atoms with E-state index >= 15 is 0 Å². The van der Waals surface area contributed by atoms with Gasteiger partial charge < -0.3 is 5.11 Å². The molecule has 0 aliphatic rings. The van der Waals surface area contributed by atoms with E-state index in [4.69, 9.17) is 0 Å². The van der Waals surface area contributed by atoms with Crippen LogP contribution in [-0.2, 0) is 6.54 Å². The van der Waals surface area contributed by atoms with Gasteiger partial charge in [-0.15, -0.1) is 0 Å². The number of hydrogen-bond donors (Lipinski definition) is 1. The third-order valence-electron chi connectivity index (χ3n) is 1.99. The number of aryl methyl sites for hydroxylation is 1. The summed E-state index contributed by atoms with van der Waals surface area (Å²) >= 11 is 0. The molecule has 0 radical (unpaired) electrons. The number of pyridine rings is 1. The predicted octanol–water partition coefficient (Wildman–Crippen LogP) is 1.66. The molecule has 1 aromatic heterocycles. The summed E-state index contributed by atoms with van der Waals surface area (Å²) in [5, 5.41) is 9.46. The Labute approximate surface area is 77.6 Å². The zero-order valence-electron chi connectivity index (χ0n) is 8.08. The number of hydrogen-bond acceptors (Lipinski definition) is 2. The van der Waals surface area contributed by atoms with E-state index in [-0.39, 0.29) is 11.4 Å². The van der Waals surface area contributed by atoms with Crippen LogP contribution in [0.25, 0.3) is 0 Å². The third-order valence-corrected chi connectivity index (χ3v) is 1.99. The van der Waals surface area contributed by atoms with Gasteiger partial charge in [-0.1, -0.05) is 13.3 Å². The van der Waals surface area contributed by atoms with Crippen LogP contribution >= 0.6 is 0 Å². The van der Waals surface area contributed by atoms with Gasteiger partial charge in [0.1, 0.15) is 0 Å². The lowest BCUT2D eigenvalue weighted by atomic mass is 10.3. The Bertz CT molecular complexity index is 341. The van der Waals surface area contributed by atoms with Crippen molar-refractivity contribution < 1.29 is 5.11 Å². The Hall–Kier alpha value is -1.25. The van der Waals surface area contributed by atoms with Crippen molar-refractivity contribution in [2.45, 2.75) is 33.2 Å². The predicted molar refractivity (Wildman–Crippen MR) is 52.0 cm³/mol. The first-order valence-electron chi connectivity index (χ1n) is 4.55. The van der Waals surface area contributed by atoms with Crippen molar-refractivity contribution in [1.29, 1.82) is 0 Å². The van der Waals surface area contributed by atoms with E-state index in [1.54, 1.807) is 13.0 Å². The van der Waals surface area contributed by atoms with Crippen LogP contribution in [-0.4, -0.2) is 9.67 Å². The molecule has 13 heavy (non-hydrogen) atoms. The molecule has 0 aliphatic heterocycles. The van der Waals surface area contributed by atoms with E-state index in [1.807, 2.05) is 0 Å². The zero-order chi connectivity index (χ0) is 9.84. The lowest BCUT2D eigenvalue weighted by Crippen LogP contribution is -2.19. The zero-order valence-corrected chi connectivity index (χ0v) is 8.08. The highest BCUT2D eigenvalue weighted by Gasteiger charge is 2.01. The van der Waals surface area contributed by atoms with Crippen molar-refractivity contribution in [2.75, 3.05) is 0 Å². The van der Waals surface area contributed by atoms with Crippen molar-refractivity contribution in [3.8, 4) is 5.88 Å². The fourth-order valence-corrected chi connectivity index (χ4v) is 1.25. The van der Waals surface area contributed by atoms with Gasteiger partial charge in [-0.25, -0.2) is 0 Å². The maximum atomic E-state index is 11.4. The lowest BCUT2D eigenvalue weighted by molar-refractivity contribution is 0.401. The van der Waals surface area contributed by atoms with Crippen molar-refractivity contribution in [3.63, 3.8) is 0 Å². The van der Waals surface area contributed by atoms with Gasteiger partial charge in [0.15, 0.2) is 5.88 Å². The van der Waals surface area contributed by atoms with Crippen molar-refractivity contribution >= 4 is 0 Å². The Morgan fingerprint density at radius 1 is 1.46 bits per heavy atom. The molecule has 1 heterocycles. The Morgan fingerprint density at radius 3 is 2.69 bits per heavy atom. The van der Waals surface area contributed by atoms with Crippen molar-refractivity contribution in [1.82, 2.24) is 4.57 Å². The van der Waals surface area contributed by atoms with Crippen LogP contribution in [0, 0.1) is 6.92 Å². The Balaban J connectivity index is 2.99. The second-order valence-corrected chi connectivity index (χ2v) is 3.23. The topological polar surface area (TPSA) is 42.2 Å². The standard InChI is InChI=1S/C10H15NO2/c1-3-4-5-11-9(12)6-8(2)7-10(11)13/h6-7,12H,3-5H2,1-2H3. The van der Waals surface area contributed by atoms with Crippen LogP contribution in [0.4, 0.5) is 0 Å². The summed E-state index contributed by atoms with van der Waals surface area (Å²) in [5.74, 6) is 0.0680. The average Bonchev–Trinajstić information content (AvgIpc) is 2.02. The molecule has 72 valence electrons. The number of aromatic nitrogens is 1. The molecule has 0 unspecified atom stereocenters. The van der Waals surface area contributed by atoms with E-state index in [1.165, 1.54) is 10.6 Å². The van der Waals surface area contributed by atoms with Crippen molar-refractivity contribution in [3.05, 3.63) is 28.0 Å². The first-order chi connectivity index (χ1) is 6.15. The van der Waals surface area contributed by atoms with E-state index in [2.05, 4.69) is 6.92 Å². The van der Waals surface area contributed by atoms with Gasteiger partial charge >= 0.3 is 0 Å². The van der Waals surface area contributed by atoms with E-state index < -0.39 is 0 Å². The van der Waals surface area contributed by atoms with Crippen LogP contribution in [0.5, 0.6) is 5.88 Å². The normalized spacial score (nSPS) is 10.3. The highest BCUT2D eigenvalue weighted by Crippen LogP contribution is 2.08. The van der Waals surface area contributed by atoms with E-state index in [9.17, 15) is 9.90 Å². The first kappa shape index (κ1) is 9.84. The molecule has 3 heteroatoms. The van der Waals surface area contributed by atoms with Crippen LogP contribution in [0.1, 0.15) is 25.3 Å². The number of unbranched alkanes of at least 4 members (excludes halogenated alkanes) is 1. The third kappa shape index (κ3) is 2.34. The van der Waals surface area contributed by atoms with Crippen LogP contribution in [0.2, 0.25) is 0 Å². The Kier molecular flexibility index (Phi) is 3.12. The number of rotatable bonds is 3. The molecule has 0 saturated carbocycles. The van der Waals surface area contributed by atoms with Gasteiger partial charge in [0.25, 0.3) is 5.56 Å². The van der Waals surface area contributed by atoms with Gasteiger partial charge in [-0.05, 0) is 18.9 Å². The molecule has 0 fully saturated rings. The fourth-order valence-electron chi connectivity index (χ4n) is 1.25. The maximum Gasteiger partial charge on any atom is 0.253 e. The SMILES string of the molecule is CCCCn1c(O)cc(C)cc1=O. The van der Waals surface area contributed by atoms with Gasteiger partial charge in [0.05, 0.1) is 0 Å². The number of nitrogens with zero attached hydrogens (tertiary/aromatic N) is 1. The molecular formula is C10H15NO2. The highest BCUT2D eigenvalue weighted by molar-refractivity contribution is 5.19. The van der Waals surface area contributed by atoms with Crippen LogP contribution in [0.15, 0.2) is 16.9 Å². The average molecular weight is 181 g/mol.